The molecule has 0 radical (unpaired) electrons. The molecule has 2 aromatic rings. The van der Waals surface area contributed by atoms with Gasteiger partial charge in [-0.3, -0.25) is 0 Å². The van der Waals surface area contributed by atoms with E-state index in [1.165, 1.54) is 11.1 Å². The van der Waals surface area contributed by atoms with Crippen LogP contribution in [0.25, 0.3) is 0 Å². The number of ether oxygens (including phenoxy) is 2. The molecule has 0 amide bonds. The average molecular weight is 366 g/mol. The van der Waals surface area contributed by atoms with Gasteiger partial charge in [0.15, 0.2) is 11.5 Å². The summed E-state index contributed by atoms with van der Waals surface area (Å²) in [7, 11) is 0. The molecule has 4 heteroatoms. The minimum Gasteiger partial charge on any atom is -0.486 e. The second-order valence-corrected chi connectivity index (χ2v) is 6.82. The lowest BCUT2D eigenvalue weighted by molar-refractivity contribution is 0.171. The zero-order chi connectivity index (χ0) is 14.4. The number of rotatable bonds is 2. The standard InChI is InChI=1S/C17H14BrClO2/c18-17(12-7-10-3-1-2-4-11(10)12)13-8-15-16(9-14(13)19)21-6-5-20-15/h1-4,8-9,12,17H,5-7H2. The second kappa shape index (κ2) is 5.22. The molecular weight excluding hydrogens is 352 g/mol. The third kappa shape index (κ3) is 2.23. The quantitative estimate of drug-likeness (QED) is 0.706. The van der Waals surface area contributed by atoms with E-state index in [-0.39, 0.29) is 4.83 Å². The van der Waals surface area contributed by atoms with Crippen molar-refractivity contribution in [3.05, 3.63) is 58.1 Å². The zero-order valence-corrected chi connectivity index (χ0v) is 13.7. The van der Waals surface area contributed by atoms with Crippen LogP contribution in [0.2, 0.25) is 5.02 Å². The zero-order valence-electron chi connectivity index (χ0n) is 11.3. The highest BCUT2D eigenvalue weighted by molar-refractivity contribution is 9.09. The first kappa shape index (κ1) is 13.5. The maximum atomic E-state index is 6.44. The van der Waals surface area contributed by atoms with Gasteiger partial charge in [-0.1, -0.05) is 51.8 Å². The van der Waals surface area contributed by atoms with Crippen LogP contribution in [0.15, 0.2) is 36.4 Å². The van der Waals surface area contributed by atoms with Crippen molar-refractivity contribution < 1.29 is 9.47 Å². The minimum atomic E-state index is 0.190. The molecule has 21 heavy (non-hydrogen) atoms. The molecule has 4 rings (SSSR count). The summed E-state index contributed by atoms with van der Waals surface area (Å²) >= 11 is 10.3. The van der Waals surface area contributed by atoms with E-state index in [0.29, 0.717) is 19.1 Å². The lowest BCUT2D eigenvalue weighted by Gasteiger charge is -2.34. The fourth-order valence-electron chi connectivity index (χ4n) is 3.07. The third-order valence-corrected chi connectivity index (χ3v) is 5.67. The maximum Gasteiger partial charge on any atom is 0.162 e. The maximum absolute atomic E-state index is 6.44. The van der Waals surface area contributed by atoms with E-state index in [0.717, 1.165) is 28.5 Å². The van der Waals surface area contributed by atoms with Crippen molar-refractivity contribution in [1.82, 2.24) is 0 Å². The van der Waals surface area contributed by atoms with E-state index in [2.05, 4.69) is 40.2 Å². The van der Waals surface area contributed by atoms with Gasteiger partial charge in [0.25, 0.3) is 0 Å². The van der Waals surface area contributed by atoms with Gasteiger partial charge < -0.3 is 9.47 Å². The molecule has 2 aliphatic rings. The van der Waals surface area contributed by atoms with Crippen molar-refractivity contribution in [2.24, 2.45) is 0 Å². The van der Waals surface area contributed by atoms with Crippen molar-refractivity contribution in [1.29, 1.82) is 0 Å². The number of hydrogen-bond acceptors (Lipinski definition) is 2. The first-order valence-electron chi connectivity index (χ1n) is 7.05. The molecule has 0 saturated heterocycles. The van der Waals surface area contributed by atoms with Gasteiger partial charge in [0, 0.05) is 21.8 Å². The smallest absolute Gasteiger partial charge is 0.162 e. The molecular formula is C17H14BrClO2. The van der Waals surface area contributed by atoms with Crippen LogP contribution < -0.4 is 9.47 Å². The number of alkyl halides is 1. The highest BCUT2D eigenvalue weighted by Gasteiger charge is 2.33. The van der Waals surface area contributed by atoms with Crippen molar-refractivity contribution in [2.75, 3.05) is 13.2 Å². The normalized spacial score (nSPS) is 20.4. The summed E-state index contributed by atoms with van der Waals surface area (Å²) in [6.07, 6.45) is 1.08. The van der Waals surface area contributed by atoms with Crippen LogP contribution in [0.5, 0.6) is 11.5 Å². The lowest BCUT2D eigenvalue weighted by atomic mass is 9.74. The van der Waals surface area contributed by atoms with Crippen molar-refractivity contribution >= 4 is 27.5 Å². The summed E-state index contributed by atoms with van der Waals surface area (Å²) in [5.74, 6) is 1.99. The van der Waals surface area contributed by atoms with Crippen molar-refractivity contribution in [2.45, 2.75) is 17.2 Å². The molecule has 1 heterocycles. The highest BCUT2D eigenvalue weighted by Crippen LogP contribution is 2.51. The predicted molar refractivity (Wildman–Crippen MR) is 87.0 cm³/mol. The Bertz CT molecular complexity index is 701. The van der Waals surface area contributed by atoms with Gasteiger partial charge in [-0.05, 0) is 29.2 Å². The van der Waals surface area contributed by atoms with E-state index in [9.17, 15) is 0 Å². The molecule has 0 aromatic heterocycles. The summed E-state index contributed by atoms with van der Waals surface area (Å²) in [5.41, 5.74) is 3.91. The van der Waals surface area contributed by atoms with Crippen molar-refractivity contribution in [3.63, 3.8) is 0 Å². The van der Waals surface area contributed by atoms with E-state index < -0.39 is 0 Å². The molecule has 0 saturated carbocycles. The number of hydrogen-bond donors (Lipinski definition) is 0. The van der Waals surface area contributed by atoms with Crippen LogP contribution >= 0.6 is 27.5 Å². The fourth-order valence-corrected chi connectivity index (χ4v) is 4.32. The van der Waals surface area contributed by atoms with E-state index in [4.69, 9.17) is 21.1 Å². The monoisotopic (exact) mass is 364 g/mol. The van der Waals surface area contributed by atoms with Crippen LogP contribution in [0.3, 0.4) is 0 Å². The molecule has 0 N–H and O–H groups in total. The predicted octanol–water partition coefficient (Wildman–Crippen LogP) is 4.89. The van der Waals surface area contributed by atoms with Gasteiger partial charge in [-0.15, -0.1) is 0 Å². The molecule has 2 atom stereocenters. The fraction of sp³-hybridized carbons (Fsp3) is 0.294. The van der Waals surface area contributed by atoms with Gasteiger partial charge in [-0.2, -0.15) is 0 Å². The first-order valence-corrected chi connectivity index (χ1v) is 8.34. The molecule has 2 unspecified atom stereocenters. The molecule has 0 spiro atoms. The van der Waals surface area contributed by atoms with E-state index >= 15 is 0 Å². The van der Waals surface area contributed by atoms with E-state index in [1.807, 2.05) is 12.1 Å². The molecule has 0 bridgehead atoms. The van der Waals surface area contributed by atoms with Gasteiger partial charge in [0.05, 0.1) is 0 Å². The molecule has 2 nitrogen and oxygen atoms in total. The first-order chi connectivity index (χ1) is 10.2. The van der Waals surface area contributed by atoms with Crippen LogP contribution in [-0.2, 0) is 6.42 Å². The summed E-state index contributed by atoms with van der Waals surface area (Å²) in [6.45, 7) is 1.17. The third-order valence-electron chi connectivity index (χ3n) is 4.21. The Morgan fingerprint density at radius 2 is 1.81 bits per heavy atom. The Morgan fingerprint density at radius 3 is 2.57 bits per heavy atom. The van der Waals surface area contributed by atoms with Gasteiger partial charge in [-0.25, -0.2) is 0 Å². The Morgan fingerprint density at radius 1 is 1.10 bits per heavy atom. The van der Waals surface area contributed by atoms with Crippen LogP contribution in [0.1, 0.15) is 27.4 Å². The summed E-state index contributed by atoms with van der Waals surface area (Å²) in [5, 5.41) is 0.727. The summed E-state index contributed by atoms with van der Waals surface area (Å²) in [4.78, 5) is 0.190. The number of benzene rings is 2. The van der Waals surface area contributed by atoms with Gasteiger partial charge >= 0.3 is 0 Å². The van der Waals surface area contributed by atoms with Crippen LogP contribution in [0.4, 0.5) is 0 Å². The minimum absolute atomic E-state index is 0.190. The molecule has 1 aliphatic heterocycles. The Balaban J connectivity index is 1.68. The number of fused-ring (bicyclic) bond motifs is 2. The average Bonchev–Trinajstić information content (AvgIpc) is 2.47. The Labute approximate surface area is 137 Å². The summed E-state index contributed by atoms with van der Waals surface area (Å²) < 4.78 is 11.2. The molecule has 108 valence electrons. The topological polar surface area (TPSA) is 18.5 Å². The second-order valence-electron chi connectivity index (χ2n) is 5.43. The van der Waals surface area contributed by atoms with Crippen LogP contribution in [-0.4, -0.2) is 13.2 Å². The molecule has 1 aliphatic carbocycles. The largest absolute Gasteiger partial charge is 0.486 e. The SMILES string of the molecule is Clc1cc2c(cc1C(Br)C1Cc3ccccc31)OCCO2. The molecule has 2 aromatic carbocycles. The number of halogens is 2. The summed E-state index contributed by atoms with van der Waals surface area (Å²) in [6, 6.07) is 12.5. The van der Waals surface area contributed by atoms with Crippen LogP contribution in [0, 0.1) is 0 Å². The van der Waals surface area contributed by atoms with Gasteiger partial charge in [0.2, 0.25) is 0 Å². The Hall–Kier alpha value is -1.19. The van der Waals surface area contributed by atoms with E-state index in [1.54, 1.807) is 0 Å². The van der Waals surface area contributed by atoms with Crippen molar-refractivity contribution in [3.8, 4) is 11.5 Å². The highest BCUT2D eigenvalue weighted by atomic mass is 79.9. The lowest BCUT2D eigenvalue weighted by Crippen LogP contribution is -2.21. The Kier molecular flexibility index (Phi) is 3.35. The van der Waals surface area contributed by atoms with Gasteiger partial charge in [0.1, 0.15) is 13.2 Å². The molecule has 0 fully saturated rings.